The summed E-state index contributed by atoms with van der Waals surface area (Å²) >= 11 is 3.44. The molecule has 2 unspecified atom stereocenters. The van der Waals surface area contributed by atoms with Crippen molar-refractivity contribution in [1.82, 2.24) is 15.0 Å². The molecular weight excluding hydrogens is 334 g/mol. The van der Waals surface area contributed by atoms with Gasteiger partial charge in [0.05, 0.1) is 12.6 Å². The summed E-state index contributed by atoms with van der Waals surface area (Å²) in [6.45, 7) is 4.34. The van der Waals surface area contributed by atoms with Crippen LogP contribution in [0.4, 0.5) is 0 Å². The summed E-state index contributed by atoms with van der Waals surface area (Å²) in [6, 6.07) is 7.83. The van der Waals surface area contributed by atoms with Gasteiger partial charge in [-0.2, -0.15) is 4.98 Å². The normalized spacial score (nSPS) is 20.8. The standard InChI is InChI=1S/C15H18BrN3O2/c1-10(20)12-5-6-19(8-12)9-14-17-15(18-21-14)11-3-2-4-13(16)7-11/h2-4,7,10,12,20H,5-6,8-9H2,1H3. The van der Waals surface area contributed by atoms with E-state index in [1.807, 2.05) is 31.2 Å². The van der Waals surface area contributed by atoms with Crippen molar-refractivity contribution in [2.45, 2.75) is 26.0 Å². The van der Waals surface area contributed by atoms with E-state index in [1.54, 1.807) is 0 Å². The van der Waals surface area contributed by atoms with Gasteiger partial charge in [0.15, 0.2) is 0 Å². The maximum Gasteiger partial charge on any atom is 0.241 e. The fraction of sp³-hybridized carbons (Fsp3) is 0.467. The summed E-state index contributed by atoms with van der Waals surface area (Å²) in [6.07, 6.45) is 0.763. The minimum Gasteiger partial charge on any atom is -0.393 e. The van der Waals surface area contributed by atoms with E-state index in [1.165, 1.54) is 0 Å². The van der Waals surface area contributed by atoms with Crippen molar-refractivity contribution in [3.63, 3.8) is 0 Å². The van der Waals surface area contributed by atoms with E-state index < -0.39 is 0 Å². The second-order valence-electron chi connectivity index (χ2n) is 5.55. The molecule has 1 N–H and O–H groups in total. The summed E-state index contributed by atoms with van der Waals surface area (Å²) in [5, 5.41) is 13.7. The molecule has 0 bridgehead atoms. The summed E-state index contributed by atoms with van der Waals surface area (Å²) in [4.78, 5) is 6.70. The number of hydrogen-bond donors (Lipinski definition) is 1. The van der Waals surface area contributed by atoms with Crippen LogP contribution in [0.15, 0.2) is 33.3 Å². The van der Waals surface area contributed by atoms with E-state index >= 15 is 0 Å². The van der Waals surface area contributed by atoms with Gasteiger partial charge in [0.1, 0.15) is 0 Å². The Morgan fingerprint density at radius 2 is 2.38 bits per heavy atom. The van der Waals surface area contributed by atoms with Gasteiger partial charge in [0, 0.05) is 16.6 Å². The highest BCUT2D eigenvalue weighted by atomic mass is 79.9. The average Bonchev–Trinajstić information content (AvgIpc) is 3.08. The Balaban J connectivity index is 1.66. The van der Waals surface area contributed by atoms with E-state index in [0.29, 0.717) is 24.2 Å². The number of nitrogens with zero attached hydrogens (tertiary/aromatic N) is 3. The number of aromatic nitrogens is 2. The molecule has 0 saturated carbocycles. The first kappa shape index (κ1) is 14.7. The Morgan fingerprint density at radius 3 is 3.10 bits per heavy atom. The molecule has 1 aromatic carbocycles. The maximum atomic E-state index is 9.63. The maximum absolute atomic E-state index is 9.63. The molecule has 0 aliphatic carbocycles. The van der Waals surface area contributed by atoms with Gasteiger partial charge in [0.2, 0.25) is 11.7 Å². The van der Waals surface area contributed by atoms with E-state index in [0.717, 1.165) is 29.5 Å². The van der Waals surface area contributed by atoms with Crippen molar-refractivity contribution in [3.05, 3.63) is 34.6 Å². The van der Waals surface area contributed by atoms with Crippen LogP contribution in [0.2, 0.25) is 0 Å². The molecule has 2 atom stereocenters. The zero-order valence-electron chi connectivity index (χ0n) is 11.9. The third-order valence-electron chi connectivity index (χ3n) is 3.90. The molecule has 1 saturated heterocycles. The molecule has 1 fully saturated rings. The molecule has 5 nitrogen and oxygen atoms in total. The zero-order valence-corrected chi connectivity index (χ0v) is 13.5. The van der Waals surface area contributed by atoms with Crippen LogP contribution in [-0.2, 0) is 6.54 Å². The molecule has 0 spiro atoms. The lowest BCUT2D eigenvalue weighted by Gasteiger charge is -2.15. The van der Waals surface area contributed by atoms with Crippen LogP contribution < -0.4 is 0 Å². The Kier molecular flexibility index (Phi) is 4.37. The number of likely N-dealkylation sites (tertiary alicyclic amines) is 1. The predicted molar refractivity (Wildman–Crippen MR) is 82.5 cm³/mol. The highest BCUT2D eigenvalue weighted by Gasteiger charge is 2.27. The molecule has 2 aromatic rings. The number of rotatable bonds is 4. The predicted octanol–water partition coefficient (Wildman–Crippen LogP) is 2.70. The Hall–Kier alpha value is -1.24. The van der Waals surface area contributed by atoms with Gasteiger partial charge < -0.3 is 9.63 Å². The highest BCUT2D eigenvalue weighted by molar-refractivity contribution is 9.10. The largest absolute Gasteiger partial charge is 0.393 e. The van der Waals surface area contributed by atoms with Crippen LogP contribution in [0, 0.1) is 5.92 Å². The van der Waals surface area contributed by atoms with Crippen molar-refractivity contribution in [2.24, 2.45) is 5.92 Å². The monoisotopic (exact) mass is 351 g/mol. The van der Waals surface area contributed by atoms with Crippen molar-refractivity contribution >= 4 is 15.9 Å². The number of benzene rings is 1. The third-order valence-corrected chi connectivity index (χ3v) is 4.39. The van der Waals surface area contributed by atoms with Crippen LogP contribution in [0.1, 0.15) is 19.2 Å². The zero-order chi connectivity index (χ0) is 14.8. The average molecular weight is 352 g/mol. The number of aliphatic hydroxyl groups excluding tert-OH is 1. The van der Waals surface area contributed by atoms with Crippen molar-refractivity contribution in [2.75, 3.05) is 13.1 Å². The molecule has 1 aliphatic rings. The molecule has 1 aromatic heterocycles. The third kappa shape index (κ3) is 3.51. The topological polar surface area (TPSA) is 62.4 Å². The van der Waals surface area contributed by atoms with Gasteiger partial charge in [-0.15, -0.1) is 0 Å². The van der Waals surface area contributed by atoms with Crippen LogP contribution in [0.5, 0.6) is 0 Å². The Labute approximate surface area is 132 Å². The Morgan fingerprint density at radius 1 is 1.52 bits per heavy atom. The van der Waals surface area contributed by atoms with Crippen molar-refractivity contribution in [1.29, 1.82) is 0 Å². The number of aliphatic hydroxyl groups is 1. The first-order valence-corrected chi connectivity index (χ1v) is 7.90. The van der Waals surface area contributed by atoms with E-state index in [9.17, 15) is 5.11 Å². The smallest absolute Gasteiger partial charge is 0.241 e. The summed E-state index contributed by atoms with van der Waals surface area (Å²) in [7, 11) is 0. The molecule has 6 heteroatoms. The van der Waals surface area contributed by atoms with Crippen LogP contribution >= 0.6 is 15.9 Å². The molecule has 3 rings (SSSR count). The van der Waals surface area contributed by atoms with E-state index in [4.69, 9.17) is 4.52 Å². The molecular formula is C15H18BrN3O2. The van der Waals surface area contributed by atoms with Crippen LogP contribution in [0.3, 0.4) is 0 Å². The van der Waals surface area contributed by atoms with Crippen LogP contribution in [-0.4, -0.2) is 39.3 Å². The lowest BCUT2D eigenvalue weighted by atomic mass is 10.0. The Bertz CT molecular complexity index is 614. The van der Waals surface area contributed by atoms with E-state index in [-0.39, 0.29) is 6.10 Å². The lowest BCUT2D eigenvalue weighted by molar-refractivity contribution is 0.125. The van der Waals surface area contributed by atoms with Gasteiger partial charge in [0.25, 0.3) is 0 Å². The second-order valence-corrected chi connectivity index (χ2v) is 6.46. The fourth-order valence-corrected chi connectivity index (χ4v) is 3.05. The van der Waals surface area contributed by atoms with Gasteiger partial charge in [-0.05, 0) is 37.9 Å². The molecule has 112 valence electrons. The summed E-state index contributed by atoms with van der Waals surface area (Å²) < 4.78 is 6.33. The van der Waals surface area contributed by atoms with Gasteiger partial charge in [-0.25, -0.2) is 0 Å². The fourth-order valence-electron chi connectivity index (χ4n) is 2.66. The minimum atomic E-state index is -0.255. The molecule has 21 heavy (non-hydrogen) atoms. The van der Waals surface area contributed by atoms with Crippen molar-refractivity contribution < 1.29 is 9.63 Å². The molecule has 0 radical (unpaired) electrons. The van der Waals surface area contributed by atoms with Gasteiger partial charge in [-0.3, -0.25) is 4.90 Å². The summed E-state index contributed by atoms with van der Waals surface area (Å²) in [5.74, 6) is 1.58. The molecule has 1 aliphatic heterocycles. The van der Waals surface area contributed by atoms with Gasteiger partial charge in [-0.1, -0.05) is 33.2 Å². The number of hydrogen-bond acceptors (Lipinski definition) is 5. The van der Waals surface area contributed by atoms with Crippen molar-refractivity contribution in [3.8, 4) is 11.4 Å². The van der Waals surface area contributed by atoms with E-state index in [2.05, 4.69) is 31.0 Å². The first-order chi connectivity index (χ1) is 10.1. The highest BCUT2D eigenvalue weighted by Crippen LogP contribution is 2.23. The minimum absolute atomic E-state index is 0.255. The second kappa shape index (κ2) is 6.25. The molecule has 0 amide bonds. The summed E-state index contributed by atoms with van der Waals surface area (Å²) in [5.41, 5.74) is 0.933. The quantitative estimate of drug-likeness (QED) is 0.917. The van der Waals surface area contributed by atoms with Crippen LogP contribution in [0.25, 0.3) is 11.4 Å². The lowest BCUT2D eigenvalue weighted by Crippen LogP contribution is -2.24. The first-order valence-electron chi connectivity index (χ1n) is 7.11. The molecule has 2 heterocycles. The van der Waals surface area contributed by atoms with Gasteiger partial charge >= 0.3 is 0 Å². The number of halogens is 1. The SMILES string of the molecule is CC(O)C1CCN(Cc2nc(-c3cccc(Br)c3)no2)C1.